The van der Waals surface area contributed by atoms with Crippen molar-refractivity contribution in [2.45, 2.75) is 25.7 Å². The van der Waals surface area contributed by atoms with E-state index in [0.717, 1.165) is 57.9 Å². The van der Waals surface area contributed by atoms with Crippen LogP contribution >= 0.6 is 0 Å². The molecule has 0 bridgehead atoms. The second-order valence-corrected chi connectivity index (χ2v) is 7.09. The number of aromatic amines is 1. The summed E-state index contributed by atoms with van der Waals surface area (Å²) in [7, 11) is 1.81. The lowest BCUT2D eigenvalue weighted by Gasteiger charge is -2.11. The van der Waals surface area contributed by atoms with Gasteiger partial charge in [-0.1, -0.05) is 48.5 Å². The van der Waals surface area contributed by atoms with Crippen LogP contribution in [-0.4, -0.2) is 44.3 Å². The average Bonchev–Trinajstić information content (AvgIpc) is 3.18. The molecule has 0 saturated carbocycles. The van der Waals surface area contributed by atoms with Crippen LogP contribution in [0.3, 0.4) is 0 Å². The van der Waals surface area contributed by atoms with E-state index in [0.29, 0.717) is 0 Å². The van der Waals surface area contributed by atoms with Crippen LogP contribution in [0.15, 0.2) is 65.8 Å². The van der Waals surface area contributed by atoms with E-state index in [2.05, 4.69) is 75.3 Å². The van der Waals surface area contributed by atoms with E-state index in [-0.39, 0.29) is 0 Å². The van der Waals surface area contributed by atoms with Gasteiger partial charge in [0, 0.05) is 43.8 Å². The van der Waals surface area contributed by atoms with Crippen LogP contribution in [0.4, 0.5) is 0 Å². The fourth-order valence-electron chi connectivity index (χ4n) is 3.35. The molecule has 0 radical (unpaired) electrons. The van der Waals surface area contributed by atoms with Crippen molar-refractivity contribution in [1.29, 1.82) is 0 Å². The number of guanidine groups is 1. The molecule has 29 heavy (non-hydrogen) atoms. The van der Waals surface area contributed by atoms with Gasteiger partial charge in [0.15, 0.2) is 5.96 Å². The number of nitrogens with one attached hydrogen (secondary N) is 3. The van der Waals surface area contributed by atoms with E-state index >= 15 is 0 Å². The molecule has 0 fully saturated rings. The highest BCUT2D eigenvalue weighted by atomic mass is 16.5. The largest absolute Gasteiger partial charge is 0.381 e. The molecule has 1 aromatic heterocycles. The predicted octanol–water partition coefficient (Wildman–Crippen LogP) is 3.91. The quantitative estimate of drug-likeness (QED) is 0.263. The summed E-state index contributed by atoms with van der Waals surface area (Å²) in [5.74, 6) is 0.856. The number of unbranched alkanes of at least 4 members (excludes halogenated alkanes) is 1. The molecule has 0 spiro atoms. The summed E-state index contributed by atoms with van der Waals surface area (Å²) in [4.78, 5) is 7.63. The number of hydrogen-bond acceptors (Lipinski definition) is 2. The molecule has 5 heteroatoms. The number of ether oxygens (including phenoxy) is 1. The summed E-state index contributed by atoms with van der Waals surface area (Å²) in [5, 5.41) is 8.07. The molecule has 3 rings (SSSR count). The van der Waals surface area contributed by atoms with Gasteiger partial charge >= 0.3 is 0 Å². The van der Waals surface area contributed by atoms with Crippen LogP contribution in [0.2, 0.25) is 0 Å². The van der Waals surface area contributed by atoms with Crippen molar-refractivity contribution in [3.8, 4) is 0 Å². The van der Waals surface area contributed by atoms with Gasteiger partial charge in [-0.15, -0.1) is 0 Å². The number of nitrogens with zero attached hydrogens (tertiary/aromatic N) is 1. The van der Waals surface area contributed by atoms with Crippen molar-refractivity contribution < 1.29 is 4.74 Å². The van der Waals surface area contributed by atoms with Gasteiger partial charge in [-0.05, 0) is 42.9 Å². The van der Waals surface area contributed by atoms with Crippen molar-refractivity contribution >= 4 is 16.9 Å². The van der Waals surface area contributed by atoms with Crippen molar-refractivity contribution in [3.05, 3.63) is 71.9 Å². The molecule has 0 amide bonds. The third-order valence-corrected chi connectivity index (χ3v) is 4.97. The smallest absolute Gasteiger partial charge is 0.190 e. The van der Waals surface area contributed by atoms with Crippen molar-refractivity contribution in [3.63, 3.8) is 0 Å². The number of hydrogen-bond donors (Lipinski definition) is 3. The maximum atomic E-state index is 5.74. The minimum Gasteiger partial charge on any atom is -0.381 e. The number of H-pyrrole nitrogens is 1. The van der Waals surface area contributed by atoms with E-state index in [4.69, 9.17) is 4.74 Å². The molecule has 2 aromatic carbocycles. The Balaban J connectivity index is 1.23. The molecule has 0 aliphatic rings. The second-order valence-electron chi connectivity index (χ2n) is 7.09. The lowest BCUT2D eigenvalue weighted by molar-refractivity contribution is 0.133. The van der Waals surface area contributed by atoms with Crippen molar-refractivity contribution in [1.82, 2.24) is 15.6 Å². The summed E-state index contributed by atoms with van der Waals surface area (Å²) in [6.45, 7) is 3.34. The number of para-hydroxylation sites is 1. The van der Waals surface area contributed by atoms with Crippen molar-refractivity contribution in [2.75, 3.05) is 33.4 Å². The number of benzene rings is 2. The summed E-state index contributed by atoms with van der Waals surface area (Å²) >= 11 is 0. The summed E-state index contributed by atoms with van der Waals surface area (Å²) in [6.07, 6.45) is 6.15. The lowest BCUT2D eigenvalue weighted by atomic mass is 10.1. The summed E-state index contributed by atoms with van der Waals surface area (Å²) in [5.41, 5.74) is 3.85. The minimum absolute atomic E-state index is 0.786. The maximum absolute atomic E-state index is 5.74. The molecule has 0 saturated heterocycles. The van der Waals surface area contributed by atoms with E-state index in [1.54, 1.807) is 0 Å². The van der Waals surface area contributed by atoms with Gasteiger partial charge in [-0.2, -0.15) is 0 Å². The average molecular weight is 393 g/mol. The fraction of sp³-hybridized carbons (Fsp3) is 0.375. The highest BCUT2D eigenvalue weighted by Crippen LogP contribution is 2.17. The van der Waals surface area contributed by atoms with E-state index in [1.165, 1.54) is 22.0 Å². The third-order valence-electron chi connectivity index (χ3n) is 4.97. The van der Waals surface area contributed by atoms with Crippen LogP contribution in [0.25, 0.3) is 10.9 Å². The Morgan fingerprint density at radius 1 is 0.897 bits per heavy atom. The fourth-order valence-corrected chi connectivity index (χ4v) is 3.35. The Labute approximate surface area is 173 Å². The van der Waals surface area contributed by atoms with Gasteiger partial charge in [-0.3, -0.25) is 4.99 Å². The molecular formula is C24H32N4O. The molecule has 3 aromatic rings. The Morgan fingerprint density at radius 3 is 2.55 bits per heavy atom. The topological polar surface area (TPSA) is 61.4 Å². The summed E-state index contributed by atoms with van der Waals surface area (Å²) < 4.78 is 5.74. The van der Waals surface area contributed by atoms with Gasteiger partial charge in [-0.25, -0.2) is 0 Å². The molecule has 1 heterocycles. The van der Waals surface area contributed by atoms with Crippen LogP contribution in [0.5, 0.6) is 0 Å². The van der Waals surface area contributed by atoms with Gasteiger partial charge in [0.25, 0.3) is 0 Å². The number of aromatic nitrogens is 1. The predicted molar refractivity (Wildman–Crippen MR) is 122 cm³/mol. The Bertz CT molecular complexity index is 873. The highest BCUT2D eigenvalue weighted by molar-refractivity contribution is 5.83. The lowest BCUT2D eigenvalue weighted by Crippen LogP contribution is -2.38. The van der Waals surface area contributed by atoms with Crippen molar-refractivity contribution in [2.24, 2.45) is 4.99 Å². The summed E-state index contributed by atoms with van der Waals surface area (Å²) in [6, 6.07) is 18.9. The monoisotopic (exact) mass is 392 g/mol. The Morgan fingerprint density at radius 2 is 1.69 bits per heavy atom. The van der Waals surface area contributed by atoms with E-state index in [1.807, 2.05) is 13.1 Å². The molecule has 0 atom stereocenters. The number of aliphatic imine (C=N–C) groups is 1. The van der Waals surface area contributed by atoms with Crippen LogP contribution in [-0.2, 0) is 17.6 Å². The standard InChI is InChI=1S/C24H32N4O/c1-25-24(27-16-13-21-19-28-23-12-6-5-11-22(21)23)26-15-7-8-17-29-18-14-20-9-3-2-4-10-20/h2-6,9-12,19,28H,7-8,13-18H2,1H3,(H2,25,26,27). The molecule has 5 nitrogen and oxygen atoms in total. The zero-order valence-electron chi connectivity index (χ0n) is 17.3. The number of rotatable bonds is 11. The van der Waals surface area contributed by atoms with E-state index < -0.39 is 0 Å². The third kappa shape index (κ3) is 6.95. The first kappa shape index (κ1) is 20.9. The number of fused-ring (bicyclic) bond motifs is 1. The molecule has 154 valence electrons. The SMILES string of the molecule is CN=C(NCCCCOCCc1ccccc1)NCCc1c[nH]c2ccccc12. The van der Waals surface area contributed by atoms with Gasteiger partial charge in [0.1, 0.15) is 0 Å². The van der Waals surface area contributed by atoms with Crippen LogP contribution in [0, 0.1) is 0 Å². The van der Waals surface area contributed by atoms with E-state index in [9.17, 15) is 0 Å². The maximum Gasteiger partial charge on any atom is 0.190 e. The van der Waals surface area contributed by atoms with Crippen LogP contribution < -0.4 is 10.6 Å². The first-order chi connectivity index (χ1) is 14.4. The van der Waals surface area contributed by atoms with Gasteiger partial charge in [0.05, 0.1) is 6.61 Å². The Hall–Kier alpha value is -2.79. The molecule has 3 N–H and O–H groups in total. The first-order valence-electron chi connectivity index (χ1n) is 10.5. The van der Waals surface area contributed by atoms with Crippen LogP contribution in [0.1, 0.15) is 24.0 Å². The van der Waals surface area contributed by atoms with Gasteiger partial charge < -0.3 is 20.4 Å². The molecule has 0 aliphatic carbocycles. The minimum atomic E-state index is 0.786. The molecular weight excluding hydrogens is 360 g/mol. The second kappa shape index (κ2) is 11.9. The zero-order chi connectivity index (χ0) is 20.2. The zero-order valence-corrected chi connectivity index (χ0v) is 17.3. The molecule has 0 aliphatic heterocycles. The normalized spacial score (nSPS) is 11.7. The van der Waals surface area contributed by atoms with Gasteiger partial charge in [0.2, 0.25) is 0 Å². The highest BCUT2D eigenvalue weighted by Gasteiger charge is 2.03. The molecule has 0 unspecified atom stereocenters. The Kier molecular flexibility index (Phi) is 8.60. The first-order valence-corrected chi connectivity index (χ1v) is 10.5.